The third-order valence-electron chi connectivity index (χ3n) is 6.01. The second kappa shape index (κ2) is 10.7. The van der Waals surface area contributed by atoms with Crippen LogP contribution in [0, 0.1) is 0 Å². The van der Waals surface area contributed by atoms with Crippen LogP contribution >= 0.6 is 11.3 Å². The number of thiophene rings is 1. The fraction of sp³-hybridized carbons (Fsp3) is 0.417. The molecule has 1 aliphatic carbocycles. The molecule has 174 valence electrons. The summed E-state index contributed by atoms with van der Waals surface area (Å²) < 4.78 is 0. The molecule has 2 aliphatic rings. The van der Waals surface area contributed by atoms with Gasteiger partial charge in [-0.1, -0.05) is 6.08 Å². The molecule has 4 rings (SSSR count). The van der Waals surface area contributed by atoms with Crippen LogP contribution in [0.25, 0.3) is 0 Å². The van der Waals surface area contributed by atoms with Gasteiger partial charge in [0.2, 0.25) is 5.91 Å². The first-order chi connectivity index (χ1) is 16.1. The number of pyridine rings is 1. The van der Waals surface area contributed by atoms with Crippen molar-refractivity contribution < 1.29 is 14.4 Å². The van der Waals surface area contributed by atoms with Gasteiger partial charge in [-0.25, -0.2) is 0 Å². The molecule has 0 atom stereocenters. The number of nitrogens with one attached hydrogen (secondary N) is 2. The van der Waals surface area contributed by atoms with E-state index in [4.69, 9.17) is 0 Å². The highest BCUT2D eigenvalue weighted by Crippen LogP contribution is 2.39. The molecule has 2 N–H and O–H groups in total. The molecule has 0 aromatic carbocycles. The molecule has 3 heterocycles. The Bertz CT molecular complexity index is 1030. The normalized spacial score (nSPS) is 16.1. The fourth-order valence-corrected chi connectivity index (χ4v) is 5.54. The van der Waals surface area contributed by atoms with Gasteiger partial charge in [-0.15, -0.1) is 17.9 Å². The third-order valence-corrected chi connectivity index (χ3v) is 7.21. The van der Waals surface area contributed by atoms with Crippen LogP contribution in [0.4, 0.5) is 5.00 Å². The van der Waals surface area contributed by atoms with Crippen LogP contribution in [0.5, 0.6) is 0 Å². The van der Waals surface area contributed by atoms with Crippen molar-refractivity contribution in [2.45, 2.75) is 25.7 Å². The number of fused-ring (bicyclic) bond motifs is 1. The lowest BCUT2D eigenvalue weighted by atomic mass is 9.95. The monoisotopic (exact) mass is 467 g/mol. The summed E-state index contributed by atoms with van der Waals surface area (Å²) >= 11 is 1.52. The Morgan fingerprint density at radius 3 is 2.67 bits per heavy atom. The second-order valence-corrected chi connectivity index (χ2v) is 9.38. The van der Waals surface area contributed by atoms with E-state index in [0.717, 1.165) is 31.2 Å². The minimum atomic E-state index is -0.258. The molecular weight excluding hydrogens is 438 g/mol. The van der Waals surface area contributed by atoms with Gasteiger partial charge in [0.25, 0.3) is 11.8 Å². The topological polar surface area (TPSA) is 94.6 Å². The zero-order valence-corrected chi connectivity index (χ0v) is 19.5. The SMILES string of the molecule is C=CCNC(=O)CN1CCN(C(=O)c2c(NC(=O)c3cccnc3)sc3c2CCCC3)CC1. The number of nitrogens with zero attached hydrogens (tertiary/aromatic N) is 3. The van der Waals surface area contributed by atoms with Gasteiger partial charge in [0.15, 0.2) is 0 Å². The van der Waals surface area contributed by atoms with Gasteiger partial charge in [0.1, 0.15) is 5.00 Å². The van der Waals surface area contributed by atoms with Crippen LogP contribution in [0.2, 0.25) is 0 Å². The summed E-state index contributed by atoms with van der Waals surface area (Å²) in [4.78, 5) is 47.5. The molecule has 33 heavy (non-hydrogen) atoms. The minimum absolute atomic E-state index is 0.0355. The Balaban J connectivity index is 1.47. The summed E-state index contributed by atoms with van der Waals surface area (Å²) in [6.07, 6.45) is 8.75. The maximum atomic E-state index is 13.6. The predicted octanol–water partition coefficient (Wildman–Crippen LogP) is 2.33. The molecule has 1 aliphatic heterocycles. The highest BCUT2D eigenvalue weighted by molar-refractivity contribution is 7.17. The molecule has 8 nitrogen and oxygen atoms in total. The smallest absolute Gasteiger partial charge is 0.257 e. The number of aryl methyl sites for hydroxylation is 1. The number of hydrogen-bond acceptors (Lipinski definition) is 6. The van der Waals surface area contributed by atoms with E-state index in [1.165, 1.54) is 22.4 Å². The van der Waals surface area contributed by atoms with Crippen molar-refractivity contribution >= 4 is 34.1 Å². The molecule has 0 saturated carbocycles. The minimum Gasteiger partial charge on any atom is -0.352 e. The van der Waals surface area contributed by atoms with Crippen molar-refractivity contribution in [3.05, 3.63) is 58.7 Å². The van der Waals surface area contributed by atoms with Crippen molar-refractivity contribution in [1.29, 1.82) is 0 Å². The molecule has 0 radical (unpaired) electrons. The van der Waals surface area contributed by atoms with E-state index in [2.05, 4.69) is 27.1 Å². The molecule has 9 heteroatoms. The lowest BCUT2D eigenvalue weighted by molar-refractivity contribution is -0.122. The Labute approximate surface area is 197 Å². The number of piperazine rings is 1. The summed E-state index contributed by atoms with van der Waals surface area (Å²) in [5.74, 6) is -0.334. The average Bonchev–Trinajstić information content (AvgIpc) is 3.21. The first-order valence-corrected chi connectivity index (χ1v) is 12.1. The van der Waals surface area contributed by atoms with E-state index in [1.807, 2.05) is 4.90 Å². The standard InChI is InChI=1S/C24H29N5O3S/c1-2-9-26-20(30)16-28-11-13-29(14-12-28)24(32)21-18-7-3-4-8-19(18)33-23(21)27-22(31)17-6-5-10-25-15-17/h2,5-6,10,15H,1,3-4,7-9,11-14,16H2,(H,26,30)(H,27,31). The number of carbonyl (C=O) groups is 3. The maximum Gasteiger partial charge on any atom is 0.257 e. The summed E-state index contributed by atoms with van der Waals surface area (Å²) in [7, 11) is 0. The zero-order chi connectivity index (χ0) is 23.2. The maximum absolute atomic E-state index is 13.6. The lowest BCUT2D eigenvalue weighted by Gasteiger charge is -2.34. The highest BCUT2D eigenvalue weighted by Gasteiger charge is 2.31. The van der Waals surface area contributed by atoms with Crippen LogP contribution in [0.3, 0.4) is 0 Å². The molecule has 3 amide bonds. The van der Waals surface area contributed by atoms with Crippen molar-refractivity contribution in [2.75, 3.05) is 44.6 Å². The first kappa shape index (κ1) is 23.1. The van der Waals surface area contributed by atoms with Crippen LogP contribution in [-0.4, -0.2) is 71.8 Å². The molecule has 1 saturated heterocycles. The van der Waals surface area contributed by atoms with E-state index in [9.17, 15) is 14.4 Å². The first-order valence-electron chi connectivity index (χ1n) is 11.3. The van der Waals surface area contributed by atoms with Gasteiger partial charge in [-0.2, -0.15) is 0 Å². The lowest BCUT2D eigenvalue weighted by Crippen LogP contribution is -2.51. The van der Waals surface area contributed by atoms with Gasteiger partial charge >= 0.3 is 0 Å². The number of aromatic nitrogens is 1. The van der Waals surface area contributed by atoms with Crippen molar-refractivity contribution in [3.63, 3.8) is 0 Å². The predicted molar refractivity (Wildman–Crippen MR) is 129 cm³/mol. The Morgan fingerprint density at radius 1 is 1.15 bits per heavy atom. The van der Waals surface area contributed by atoms with Crippen molar-refractivity contribution in [3.8, 4) is 0 Å². The van der Waals surface area contributed by atoms with Crippen LogP contribution < -0.4 is 10.6 Å². The van der Waals surface area contributed by atoms with Crippen LogP contribution in [0.15, 0.2) is 37.2 Å². The van der Waals surface area contributed by atoms with Crippen molar-refractivity contribution in [2.24, 2.45) is 0 Å². The summed E-state index contributed by atoms with van der Waals surface area (Å²) in [6, 6.07) is 3.43. The number of carbonyl (C=O) groups excluding carboxylic acids is 3. The Morgan fingerprint density at radius 2 is 1.94 bits per heavy atom. The average molecular weight is 468 g/mol. The number of rotatable bonds is 7. The van der Waals surface area contributed by atoms with Gasteiger partial charge in [-0.3, -0.25) is 24.3 Å². The molecule has 2 aromatic rings. The molecular formula is C24H29N5O3S. The molecule has 0 unspecified atom stereocenters. The number of anilines is 1. The van der Waals surface area contributed by atoms with E-state index in [1.54, 1.807) is 24.4 Å². The molecule has 0 spiro atoms. The van der Waals surface area contributed by atoms with E-state index >= 15 is 0 Å². The zero-order valence-electron chi connectivity index (χ0n) is 18.6. The van der Waals surface area contributed by atoms with Gasteiger partial charge < -0.3 is 15.5 Å². The van der Waals surface area contributed by atoms with E-state index < -0.39 is 0 Å². The quantitative estimate of drug-likeness (QED) is 0.610. The number of hydrogen-bond donors (Lipinski definition) is 2. The largest absolute Gasteiger partial charge is 0.352 e. The van der Waals surface area contributed by atoms with Crippen LogP contribution in [0.1, 0.15) is 44.0 Å². The van der Waals surface area contributed by atoms with Gasteiger partial charge in [-0.05, 0) is 43.4 Å². The van der Waals surface area contributed by atoms with Gasteiger partial charge in [0.05, 0.1) is 17.7 Å². The van der Waals surface area contributed by atoms with Crippen LogP contribution in [-0.2, 0) is 17.6 Å². The molecule has 2 aromatic heterocycles. The summed E-state index contributed by atoms with van der Waals surface area (Å²) in [5, 5.41) is 6.40. The summed E-state index contributed by atoms with van der Waals surface area (Å²) in [5.41, 5.74) is 2.19. The second-order valence-electron chi connectivity index (χ2n) is 8.27. The Kier molecular flexibility index (Phi) is 7.51. The van der Waals surface area contributed by atoms with E-state index in [0.29, 0.717) is 55.4 Å². The van der Waals surface area contributed by atoms with Crippen molar-refractivity contribution in [1.82, 2.24) is 20.1 Å². The fourth-order valence-electron chi connectivity index (χ4n) is 4.26. The highest BCUT2D eigenvalue weighted by atomic mass is 32.1. The number of amides is 3. The molecule has 0 bridgehead atoms. The summed E-state index contributed by atoms with van der Waals surface area (Å²) in [6.45, 7) is 6.74. The van der Waals surface area contributed by atoms with E-state index in [-0.39, 0.29) is 17.7 Å². The Hall–Kier alpha value is -3.04. The van der Waals surface area contributed by atoms with Gasteiger partial charge in [0, 0.05) is 50.0 Å². The molecule has 1 fully saturated rings. The third kappa shape index (κ3) is 5.48.